The second kappa shape index (κ2) is 5.22. The van der Waals surface area contributed by atoms with Crippen LogP contribution in [0.4, 0.5) is 0 Å². The number of primary amides is 1. The third-order valence-corrected chi connectivity index (χ3v) is 3.48. The highest BCUT2D eigenvalue weighted by Gasteiger charge is 2.16. The van der Waals surface area contributed by atoms with Gasteiger partial charge in [0.1, 0.15) is 5.03 Å². The number of carbonyl (C=O) groups excluding carboxylic acids is 1. The van der Waals surface area contributed by atoms with Gasteiger partial charge < -0.3 is 5.73 Å². The van der Waals surface area contributed by atoms with Gasteiger partial charge in [-0.3, -0.25) is 4.79 Å². The molecule has 14 heavy (non-hydrogen) atoms. The number of halogens is 1. The van der Waals surface area contributed by atoms with Crippen LogP contribution in [0.1, 0.15) is 13.3 Å². The smallest absolute Gasteiger partial charge is 0.230 e. The van der Waals surface area contributed by atoms with E-state index in [4.69, 9.17) is 17.3 Å². The zero-order valence-corrected chi connectivity index (χ0v) is 9.31. The molecule has 1 aromatic rings. The topological polar surface area (TPSA) is 56.0 Å². The molecule has 1 atom stereocenters. The SMILES string of the molecule is CCC(Sc1ncccc1Cl)C(N)=O. The van der Waals surface area contributed by atoms with Gasteiger partial charge in [-0.2, -0.15) is 0 Å². The molecule has 1 aromatic heterocycles. The molecule has 1 rings (SSSR count). The van der Waals surface area contributed by atoms with Crippen molar-refractivity contribution in [3.8, 4) is 0 Å². The van der Waals surface area contributed by atoms with Gasteiger partial charge in [-0.25, -0.2) is 4.98 Å². The van der Waals surface area contributed by atoms with E-state index in [0.717, 1.165) is 0 Å². The van der Waals surface area contributed by atoms with E-state index in [1.54, 1.807) is 18.3 Å². The largest absolute Gasteiger partial charge is 0.369 e. The van der Waals surface area contributed by atoms with Gasteiger partial charge >= 0.3 is 0 Å². The minimum Gasteiger partial charge on any atom is -0.369 e. The molecule has 2 N–H and O–H groups in total. The van der Waals surface area contributed by atoms with Crippen LogP contribution in [0.25, 0.3) is 0 Å². The van der Waals surface area contributed by atoms with Gasteiger partial charge in [-0.15, -0.1) is 0 Å². The highest BCUT2D eigenvalue weighted by molar-refractivity contribution is 8.00. The normalized spacial score (nSPS) is 12.4. The lowest BCUT2D eigenvalue weighted by molar-refractivity contribution is -0.117. The summed E-state index contributed by atoms with van der Waals surface area (Å²) in [4.78, 5) is 15.0. The maximum atomic E-state index is 11.0. The van der Waals surface area contributed by atoms with E-state index >= 15 is 0 Å². The highest BCUT2D eigenvalue weighted by atomic mass is 35.5. The minimum absolute atomic E-state index is 0.262. The lowest BCUT2D eigenvalue weighted by atomic mass is 10.3. The van der Waals surface area contributed by atoms with Crippen LogP contribution in [-0.2, 0) is 4.79 Å². The van der Waals surface area contributed by atoms with Gasteiger partial charge in [0, 0.05) is 6.20 Å². The highest BCUT2D eigenvalue weighted by Crippen LogP contribution is 2.28. The fourth-order valence-corrected chi connectivity index (χ4v) is 2.05. The molecule has 0 aliphatic heterocycles. The number of nitrogens with zero attached hydrogens (tertiary/aromatic N) is 1. The van der Waals surface area contributed by atoms with E-state index in [2.05, 4.69) is 4.98 Å². The van der Waals surface area contributed by atoms with Crippen LogP contribution in [0.15, 0.2) is 23.4 Å². The number of amides is 1. The molecule has 0 fully saturated rings. The predicted octanol–water partition coefficient (Wildman–Crippen LogP) is 2.09. The number of aromatic nitrogens is 1. The molecule has 0 bridgehead atoms. The van der Waals surface area contributed by atoms with E-state index < -0.39 is 0 Å². The lowest BCUT2D eigenvalue weighted by Gasteiger charge is -2.09. The van der Waals surface area contributed by atoms with Gasteiger partial charge in [0.05, 0.1) is 10.3 Å². The van der Waals surface area contributed by atoms with Crippen molar-refractivity contribution in [3.05, 3.63) is 23.4 Å². The molecule has 0 aromatic carbocycles. The maximum Gasteiger partial charge on any atom is 0.230 e. The molecule has 0 aliphatic carbocycles. The van der Waals surface area contributed by atoms with Crippen molar-refractivity contribution in [2.45, 2.75) is 23.6 Å². The van der Waals surface area contributed by atoms with Crippen molar-refractivity contribution in [2.75, 3.05) is 0 Å². The van der Waals surface area contributed by atoms with Crippen molar-refractivity contribution in [3.63, 3.8) is 0 Å². The summed E-state index contributed by atoms with van der Waals surface area (Å²) in [6.07, 6.45) is 2.31. The number of hydrogen-bond acceptors (Lipinski definition) is 3. The number of rotatable bonds is 4. The Hall–Kier alpha value is -0.740. The van der Waals surface area contributed by atoms with Crippen molar-refractivity contribution < 1.29 is 4.79 Å². The standard InChI is InChI=1S/C9H11ClN2OS/c1-2-7(8(11)13)14-9-6(10)4-3-5-12-9/h3-5,7H,2H2,1H3,(H2,11,13). The molecule has 5 heteroatoms. The molecule has 3 nitrogen and oxygen atoms in total. The maximum absolute atomic E-state index is 11.0. The monoisotopic (exact) mass is 230 g/mol. The summed E-state index contributed by atoms with van der Waals surface area (Å²) in [6.45, 7) is 1.90. The summed E-state index contributed by atoms with van der Waals surface area (Å²) >= 11 is 7.20. The quantitative estimate of drug-likeness (QED) is 0.806. The molecule has 0 saturated carbocycles. The third-order valence-electron chi connectivity index (χ3n) is 1.67. The number of pyridine rings is 1. The van der Waals surface area contributed by atoms with E-state index in [1.165, 1.54) is 11.8 Å². The van der Waals surface area contributed by atoms with E-state index in [9.17, 15) is 4.79 Å². The average molecular weight is 231 g/mol. The summed E-state index contributed by atoms with van der Waals surface area (Å²) in [7, 11) is 0. The molecule has 0 radical (unpaired) electrons. The second-order valence-electron chi connectivity index (χ2n) is 2.71. The molecule has 0 saturated heterocycles. The molecule has 1 amide bonds. The number of thioether (sulfide) groups is 1. The Balaban J connectivity index is 2.77. The Bertz CT molecular complexity index is 332. The molecule has 1 heterocycles. The van der Waals surface area contributed by atoms with Crippen molar-refractivity contribution in [2.24, 2.45) is 5.73 Å². The van der Waals surface area contributed by atoms with Gasteiger partial charge in [0.2, 0.25) is 5.91 Å². The fraction of sp³-hybridized carbons (Fsp3) is 0.333. The Labute approximate surface area is 92.0 Å². The van der Waals surface area contributed by atoms with Crippen molar-refractivity contribution in [1.82, 2.24) is 4.98 Å². The van der Waals surface area contributed by atoms with Crippen molar-refractivity contribution in [1.29, 1.82) is 0 Å². The average Bonchev–Trinajstić information content (AvgIpc) is 2.16. The molecule has 1 unspecified atom stereocenters. The Kier molecular flexibility index (Phi) is 4.22. The van der Waals surface area contributed by atoms with E-state index in [-0.39, 0.29) is 11.2 Å². The second-order valence-corrected chi connectivity index (χ2v) is 4.31. The fourth-order valence-electron chi connectivity index (χ4n) is 0.935. The predicted molar refractivity (Wildman–Crippen MR) is 58.4 cm³/mol. The summed E-state index contributed by atoms with van der Waals surface area (Å²) in [5.74, 6) is -0.334. The van der Waals surface area contributed by atoms with Crippen LogP contribution < -0.4 is 5.73 Å². The molecule has 0 aliphatic rings. The lowest BCUT2D eigenvalue weighted by Crippen LogP contribution is -2.24. The van der Waals surface area contributed by atoms with Gasteiger partial charge in [0.25, 0.3) is 0 Å². The number of carbonyl (C=O) groups is 1. The van der Waals surface area contributed by atoms with Crippen LogP contribution in [0, 0.1) is 0 Å². The molecular weight excluding hydrogens is 220 g/mol. The third kappa shape index (κ3) is 2.89. The van der Waals surface area contributed by atoms with E-state index in [0.29, 0.717) is 16.5 Å². The Morgan fingerprint density at radius 3 is 3.00 bits per heavy atom. The summed E-state index contributed by atoms with van der Waals surface area (Å²) in [5, 5.41) is 0.944. The number of hydrogen-bond donors (Lipinski definition) is 1. The Morgan fingerprint density at radius 1 is 1.79 bits per heavy atom. The zero-order valence-electron chi connectivity index (χ0n) is 7.74. The van der Waals surface area contributed by atoms with Gasteiger partial charge in [-0.1, -0.05) is 30.3 Å². The van der Waals surface area contributed by atoms with E-state index in [1.807, 2.05) is 6.92 Å². The molecular formula is C9H11ClN2OS. The first-order valence-electron chi connectivity index (χ1n) is 4.21. The van der Waals surface area contributed by atoms with Gasteiger partial charge in [0.15, 0.2) is 0 Å². The number of nitrogens with two attached hydrogens (primary N) is 1. The summed E-state index contributed by atoms with van der Waals surface area (Å²) in [5.41, 5.74) is 5.21. The molecule has 76 valence electrons. The minimum atomic E-state index is -0.334. The van der Waals surface area contributed by atoms with Crippen LogP contribution in [0.5, 0.6) is 0 Å². The van der Waals surface area contributed by atoms with Crippen molar-refractivity contribution >= 4 is 29.3 Å². The Morgan fingerprint density at radius 2 is 2.50 bits per heavy atom. The van der Waals surface area contributed by atoms with Crippen LogP contribution in [0.2, 0.25) is 5.02 Å². The van der Waals surface area contributed by atoms with Crippen LogP contribution >= 0.6 is 23.4 Å². The molecule has 0 spiro atoms. The first kappa shape index (κ1) is 11.3. The van der Waals surface area contributed by atoms with Crippen LogP contribution in [0.3, 0.4) is 0 Å². The summed E-state index contributed by atoms with van der Waals surface area (Å²) in [6, 6.07) is 3.49. The first-order valence-corrected chi connectivity index (χ1v) is 5.47. The zero-order chi connectivity index (χ0) is 10.6. The first-order chi connectivity index (χ1) is 6.65. The van der Waals surface area contributed by atoms with Gasteiger partial charge in [-0.05, 0) is 18.6 Å². The summed E-state index contributed by atoms with van der Waals surface area (Å²) < 4.78 is 0. The van der Waals surface area contributed by atoms with Crippen LogP contribution in [-0.4, -0.2) is 16.1 Å².